The van der Waals surface area contributed by atoms with Crippen molar-refractivity contribution in [3.63, 3.8) is 0 Å². The Kier molecular flexibility index (Phi) is 5.05. The van der Waals surface area contributed by atoms with Gasteiger partial charge in [0.25, 0.3) is 0 Å². The predicted octanol–water partition coefficient (Wildman–Crippen LogP) is 3.35. The molecule has 98 valence electrons. The molecule has 0 radical (unpaired) electrons. The third-order valence-electron chi connectivity index (χ3n) is 2.85. The van der Waals surface area contributed by atoms with Crippen molar-refractivity contribution in [2.24, 2.45) is 0 Å². The van der Waals surface area contributed by atoms with Gasteiger partial charge in [-0.05, 0) is 30.0 Å². The van der Waals surface area contributed by atoms with Crippen LogP contribution in [0.15, 0.2) is 30.5 Å². The van der Waals surface area contributed by atoms with Crippen LogP contribution >= 0.6 is 11.6 Å². The van der Waals surface area contributed by atoms with Crippen LogP contribution in [0.4, 0.5) is 0 Å². The fourth-order valence-electron chi connectivity index (χ4n) is 1.92. The van der Waals surface area contributed by atoms with Crippen LogP contribution < -0.4 is 0 Å². The third kappa shape index (κ3) is 3.48. The van der Waals surface area contributed by atoms with E-state index in [1.54, 1.807) is 7.11 Å². The summed E-state index contributed by atoms with van der Waals surface area (Å²) in [6, 6.07) is 8.03. The van der Waals surface area contributed by atoms with Crippen molar-refractivity contribution in [3.8, 4) is 0 Å². The van der Waals surface area contributed by atoms with Gasteiger partial charge in [0.2, 0.25) is 0 Å². The largest absolute Gasteiger partial charge is 0.385 e. The second-order valence-electron chi connectivity index (χ2n) is 4.17. The molecule has 0 fully saturated rings. The zero-order chi connectivity index (χ0) is 12.8. The van der Waals surface area contributed by atoms with E-state index in [1.807, 2.05) is 18.2 Å². The molecule has 0 aliphatic rings. The van der Waals surface area contributed by atoms with E-state index in [0.717, 1.165) is 36.7 Å². The highest BCUT2D eigenvalue weighted by Crippen LogP contribution is 2.20. The van der Waals surface area contributed by atoms with E-state index >= 15 is 0 Å². The molecule has 1 aromatic heterocycles. The first-order valence-electron chi connectivity index (χ1n) is 6.12. The number of hydrogen-bond acceptors (Lipinski definition) is 2. The highest BCUT2D eigenvalue weighted by Gasteiger charge is 2.01. The van der Waals surface area contributed by atoms with Gasteiger partial charge >= 0.3 is 0 Å². The molecule has 2 aromatic rings. The Morgan fingerprint density at radius 3 is 2.89 bits per heavy atom. The smallest absolute Gasteiger partial charge is 0.0645 e. The zero-order valence-corrected chi connectivity index (χ0v) is 11.3. The van der Waals surface area contributed by atoms with Gasteiger partial charge < -0.3 is 14.0 Å². The molecule has 1 aromatic carbocycles. The lowest BCUT2D eigenvalue weighted by Gasteiger charge is -2.07. The van der Waals surface area contributed by atoms with E-state index in [1.165, 1.54) is 5.39 Å². The van der Waals surface area contributed by atoms with Gasteiger partial charge in [0, 0.05) is 43.6 Å². The first-order chi connectivity index (χ1) is 8.81. The number of nitrogens with zero attached hydrogens (tertiary/aromatic N) is 1. The van der Waals surface area contributed by atoms with Crippen molar-refractivity contribution < 1.29 is 9.47 Å². The molecule has 18 heavy (non-hydrogen) atoms. The summed E-state index contributed by atoms with van der Waals surface area (Å²) in [6.07, 6.45) is 3.01. The van der Waals surface area contributed by atoms with E-state index in [4.69, 9.17) is 21.1 Å². The minimum absolute atomic E-state index is 0.708. The number of benzene rings is 1. The second-order valence-corrected chi connectivity index (χ2v) is 4.61. The van der Waals surface area contributed by atoms with Crippen LogP contribution in [0.5, 0.6) is 0 Å². The summed E-state index contributed by atoms with van der Waals surface area (Å²) in [6.45, 7) is 3.05. The molecule has 1 heterocycles. The number of aromatic nitrogens is 1. The van der Waals surface area contributed by atoms with Gasteiger partial charge in [-0.1, -0.05) is 17.7 Å². The van der Waals surface area contributed by atoms with Crippen molar-refractivity contribution in [2.45, 2.75) is 13.0 Å². The Bertz CT molecular complexity index is 495. The molecular formula is C14H18ClNO2. The standard InChI is InChI=1S/C14H18ClNO2/c1-17-8-2-9-18-10-7-16-6-5-12-3-4-13(15)11-14(12)16/h3-6,11H,2,7-10H2,1H3. The average Bonchev–Trinajstić information content (AvgIpc) is 2.76. The number of hydrogen-bond donors (Lipinski definition) is 0. The monoisotopic (exact) mass is 267 g/mol. The second kappa shape index (κ2) is 6.78. The number of methoxy groups -OCH3 is 1. The molecule has 0 N–H and O–H groups in total. The van der Waals surface area contributed by atoms with Gasteiger partial charge in [0.05, 0.1) is 6.61 Å². The molecule has 0 aliphatic heterocycles. The molecule has 0 saturated carbocycles. The van der Waals surface area contributed by atoms with Gasteiger partial charge in [-0.3, -0.25) is 0 Å². The fourth-order valence-corrected chi connectivity index (χ4v) is 2.09. The molecule has 0 amide bonds. The Morgan fingerprint density at radius 2 is 2.06 bits per heavy atom. The summed E-state index contributed by atoms with van der Waals surface area (Å²) >= 11 is 6.01. The molecule has 2 rings (SSSR count). The molecule has 0 atom stereocenters. The van der Waals surface area contributed by atoms with Crippen molar-refractivity contribution >= 4 is 22.5 Å². The summed E-state index contributed by atoms with van der Waals surface area (Å²) in [4.78, 5) is 0. The quantitative estimate of drug-likeness (QED) is 0.718. The van der Waals surface area contributed by atoms with Gasteiger partial charge in [-0.25, -0.2) is 0 Å². The van der Waals surface area contributed by atoms with Crippen molar-refractivity contribution in [1.82, 2.24) is 4.57 Å². The maximum Gasteiger partial charge on any atom is 0.0645 e. The topological polar surface area (TPSA) is 23.4 Å². The molecule has 0 saturated heterocycles. The van der Waals surface area contributed by atoms with Crippen LogP contribution in [0.1, 0.15) is 6.42 Å². The molecule has 0 spiro atoms. The highest BCUT2D eigenvalue weighted by atomic mass is 35.5. The van der Waals surface area contributed by atoms with Crippen LogP contribution in [-0.2, 0) is 16.0 Å². The van der Waals surface area contributed by atoms with E-state index in [0.29, 0.717) is 6.61 Å². The molecule has 0 unspecified atom stereocenters. The summed E-state index contributed by atoms with van der Waals surface area (Å²) in [5, 5.41) is 1.97. The van der Waals surface area contributed by atoms with Crippen LogP contribution in [0.2, 0.25) is 5.02 Å². The van der Waals surface area contributed by atoms with Crippen molar-refractivity contribution in [2.75, 3.05) is 26.9 Å². The van der Waals surface area contributed by atoms with Gasteiger partial charge in [0.1, 0.15) is 0 Å². The Morgan fingerprint density at radius 1 is 1.17 bits per heavy atom. The Labute approximate surface area is 112 Å². The first-order valence-corrected chi connectivity index (χ1v) is 6.50. The van der Waals surface area contributed by atoms with Crippen LogP contribution in [0, 0.1) is 0 Å². The lowest BCUT2D eigenvalue weighted by molar-refractivity contribution is 0.0982. The SMILES string of the molecule is COCCCOCCn1ccc2ccc(Cl)cc21. The summed E-state index contributed by atoms with van der Waals surface area (Å²) in [7, 11) is 1.70. The maximum absolute atomic E-state index is 6.01. The minimum atomic E-state index is 0.708. The lowest BCUT2D eigenvalue weighted by atomic mass is 10.2. The van der Waals surface area contributed by atoms with E-state index in [2.05, 4.69) is 16.8 Å². The molecule has 0 bridgehead atoms. The summed E-state index contributed by atoms with van der Waals surface area (Å²) in [5.74, 6) is 0. The van der Waals surface area contributed by atoms with E-state index in [9.17, 15) is 0 Å². The van der Waals surface area contributed by atoms with Gasteiger partial charge in [-0.15, -0.1) is 0 Å². The average molecular weight is 268 g/mol. The number of ether oxygens (including phenoxy) is 2. The Hall–Kier alpha value is -1.03. The van der Waals surface area contributed by atoms with Crippen molar-refractivity contribution in [3.05, 3.63) is 35.5 Å². The van der Waals surface area contributed by atoms with E-state index in [-0.39, 0.29) is 0 Å². The van der Waals surface area contributed by atoms with Crippen LogP contribution in [0.25, 0.3) is 10.9 Å². The van der Waals surface area contributed by atoms with Gasteiger partial charge in [0.15, 0.2) is 0 Å². The predicted molar refractivity (Wildman–Crippen MR) is 74.3 cm³/mol. The Balaban J connectivity index is 1.86. The first kappa shape index (κ1) is 13.4. The number of fused-ring (bicyclic) bond motifs is 1. The van der Waals surface area contributed by atoms with Crippen LogP contribution in [-0.4, -0.2) is 31.5 Å². The summed E-state index contributed by atoms with van der Waals surface area (Å²) in [5.41, 5.74) is 1.16. The van der Waals surface area contributed by atoms with Crippen molar-refractivity contribution in [1.29, 1.82) is 0 Å². The minimum Gasteiger partial charge on any atom is -0.385 e. The highest BCUT2D eigenvalue weighted by molar-refractivity contribution is 6.31. The van der Waals surface area contributed by atoms with Crippen LogP contribution in [0.3, 0.4) is 0 Å². The number of rotatable bonds is 7. The number of halogens is 1. The molecule has 0 aliphatic carbocycles. The van der Waals surface area contributed by atoms with Gasteiger partial charge in [-0.2, -0.15) is 0 Å². The van der Waals surface area contributed by atoms with E-state index < -0.39 is 0 Å². The maximum atomic E-state index is 6.01. The molecular weight excluding hydrogens is 250 g/mol. The fraction of sp³-hybridized carbons (Fsp3) is 0.429. The molecule has 3 nitrogen and oxygen atoms in total. The normalized spacial score (nSPS) is 11.2. The third-order valence-corrected chi connectivity index (χ3v) is 3.08. The molecule has 4 heteroatoms. The lowest BCUT2D eigenvalue weighted by Crippen LogP contribution is -2.07. The zero-order valence-electron chi connectivity index (χ0n) is 10.6. The summed E-state index contributed by atoms with van der Waals surface area (Å²) < 4.78 is 12.7.